The van der Waals surface area contributed by atoms with Crippen molar-refractivity contribution >= 4 is 16.7 Å². The molecule has 0 aliphatic carbocycles. The lowest BCUT2D eigenvalue weighted by Gasteiger charge is -2.12. The molecule has 0 bridgehead atoms. The van der Waals surface area contributed by atoms with Gasteiger partial charge >= 0.3 is 5.97 Å². The van der Waals surface area contributed by atoms with Crippen molar-refractivity contribution in [3.8, 4) is 5.75 Å². The molecule has 0 spiro atoms. The van der Waals surface area contributed by atoms with Crippen LogP contribution in [0.2, 0.25) is 0 Å². The van der Waals surface area contributed by atoms with Gasteiger partial charge in [-0.05, 0) is 47.4 Å². The zero-order chi connectivity index (χ0) is 14.5. The summed E-state index contributed by atoms with van der Waals surface area (Å²) in [4.78, 5) is 10.5. The van der Waals surface area contributed by atoms with E-state index in [-0.39, 0.29) is 12.5 Å². The Kier molecular flexibility index (Phi) is 4.58. The summed E-state index contributed by atoms with van der Waals surface area (Å²) in [5.41, 5.74) is 7.15. The first-order valence-electron chi connectivity index (χ1n) is 6.65. The van der Waals surface area contributed by atoms with Crippen LogP contribution in [0.4, 0.5) is 0 Å². The van der Waals surface area contributed by atoms with Gasteiger partial charge in [0.15, 0.2) is 0 Å². The maximum atomic E-state index is 10.5. The van der Waals surface area contributed by atoms with E-state index in [0.29, 0.717) is 12.8 Å². The third-order valence-electron chi connectivity index (χ3n) is 3.41. The van der Waals surface area contributed by atoms with E-state index in [1.165, 1.54) is 0 Å². The number of carbonyl (C=O) groups is 1. The minimum atomic E-state index is -0.775. The molecule has 0 fully saturated rings. The fraction of sp³-hybridized carbons (Fsp3) is 0.312. The van der Waals surface area contributed by atoms with Gasteiger partial charge in [0.1, 0.15) is 5.75 Å². The van der Waals surface area contributed by atoms with E-state index < -0.39 is 5.97 Å². The number of methoxy groups -OCH3 is 1. The Morgan fingerprint density at radius 3 is 2.65 bits per heavy atom. The number of ether oxygens (including phenoxy) is 1. The van der Waals surface area contributed by atoms with Crippen molar-refractivity contribution in [2.45, 2.75) is 25.3 Å². The predicted molar refractivity (Wildman–Crippen MR) is 78.9 cm³/mol. The minimum Gasteiger partial charge on any atom is -0.497 e. The van der Waals surface area contributed by atoms with Crippen LogP contribution in [0.3, 0.4) is 0 Å². The maximum Gasteiger partial charge on any atom is 0.303 e. The molecule has 0 heterocycles. The van der Waals surface area contributed by atoms with Crippen LogP contribution < -0.4 is 10.5 Å². The number of rotatable bonds is 6. The van der Waals surface area contributed by atoms with Gasteiger partial charge in [-0.2, -0.15) is 0 Å². The van der Waals surface area contributed by atoms with Crippen molar-refractivity contribution in [3.05, 3.63) is 42.0 Å². The van der Waals surface area contributed by atoms with Gasteiger partial charge in [-0.15, -0.1) is 0 Å². The van der Waals surface area contributed by atoms with Gasteiger partial charge in [0, 0.05) is 12.5 Å². The Bertz CT molecular complexity index is 610. The molecule has 2 aromatic carbocycles. The molecule has 0 aliphatic rings. The zero-order valence-corrected chi connectivity index (χ0v) is 11.5. The molecule has 2 aromatic rings. The third kappa shape index (κ3) is 3.48. The van der Waals surface area contributed by atoms with Crippen molar-refractivity contribution in [2.24, 2.45) is 5.73 Å². The molecule has 0 aromatic heterocycles. The monoisotopic (exact) mass is 273 g/mol. The van der Waals surface area contributed by atoms with Gasteiger partial charge in [0.05, 0.1) is 7.11 Å². The maximum absolute atomic E-state index is 10.5. The van der Waals surface area contributed by atoms with Crippen LogP contribution in [0, 0.1) is 0 Å². The van der Waals surface area contributed by atoms with E-state index in [2.05, 4.69) is 6.07 Å². The highest BCUT2D eigenvalue weighted by atomic mass is 16.5. The summed E-state index contributed by atoms with van der Waals surface area (Å²) < 4.78 is 5.20. The number of nitrogens with two attached hydrogens (primary N) is 1. The molecule has 4 heteroatoms. The summed E-state index contributed by atoms with van der Waals surface area (Å²) in [5, 5.41) is 10.8. The summed E-state index contributed by atoms with van der Waals surface area (Å²) in [7, 11) is 1.65. The molecule has 0 amide bonds. The van der Waals surface area contributed by atoms with Crippen molar-refractivity contribution in [3.63, 3.8) is 0 Å². The fourth-order valence-electron chi connectivity index (χ4n) is 2.24. The minimum absolute atomic E-state index is 0.124. The van der Waals surface area contributed by atoms with Gasteiger partial charge in [-0.25, -0.2) is 0 Å². The number of carboxylic acid groups (broad SMARTS) is 1. The Hall–Kier alpha value is -2.07. The summed E-state index contributed by atoms with van der Waals surface area (Å²) in [6, 6.07) is 11.8. The molecule has 0 saturated carbocycles. The Morgan fingerprint density at radius 2 is 1.95 bits per heavy atom. The highest BCUT2D eigenvalue weighted by Gasteiger charge is 2.08. The lowest BCUT2D eigenvalue weighted by molar-refractivity contribution is -0.137. The molecule has 0 radical (unpaired) electrons. The Morgan fingerprint density at radius 1 is 1.25 bits per heavy atom. The topological polar surface area (TPSA) is 72.5 Å². The summed E-state index contributed by atoms with van der Waals surface area (Å²) in [6.07, 6.45) is 1.43. The molecule has 20 heavy (non-hydrogen) atoms. The van der Waals surface area contributed by atoms with Crippen LogP contribution >= 0.6 is 0 Å². The van der Waals surface area contributed by atoms with Crippen molar-refractivity contribution in [1.29, 1.82) is 0 Å². The van der Waals surface area contributed by atoms with Gasteiger partial charge in [0.2, 0.25) is 0 Å². The van der Waals surface area contributed by atoms with E-state index in [4.69, 9.17) is 15.6 Å². The van der Waals surface area contributed by atoms with Crippen LogP contribution in [0.5, 0.6) is 5.75 Å². The number of hydrogen-bond acceptors (Lipinski definition) is 3. The first kappa shape index (κ1) is 14.3. The number of benzene rings is 2. The molecule has 1 unspecified atom stereocenters. The fourth-order valence-corrected chi connectivity index (χ4v) is 2.24. The van der Waals surface area contributed by atoms with Crippen LogP contribution in [-0.4, -0.2) is 18.2 Å². The highest BCUT2D eigenvalue weighted by molar-refractivity contribution is 5.84. The quantitative estimate of drug-likeness (QED) is 0.848. The molecule has 3 N–H and O–H groups in total. The lowest BCUT2D eigenvalue weighted by atomic mass is 9.98. The van der Waals surface area contributed by atoms with Crippen LogP contribution in [0.15, 0.2) is 36.4 Å². The molecule has 106 valence electrons. The molecule has 0 saturated heterocycles. The SMILES string of the molecule is COc1ccc2cc(C(N)CCCC(=O)O)ccc2c1. The standard InChI is InChI=1S/C16H19NO3/c1-20-14-8-7-11-9-13(6-5-12(11)10-14)15(17)3-2-4-16(18)19/h5-10,15H,2-4,17H2,1H3,(H,18,19). The summed E-state index contributed by atoms with van der Waals surface area (Å²) in [6.45, 7) is 0. The second-order valence-corrected chi connectivity index (χ2v) is 4.86. The normalized spacial score (nSPS) is 12.3. The largest absolute Gasteiger partial charge is 0.497 e. The average Bonchev–Trinajstić information content (AvgIpc) is 2.45. The van der Waals surface area contributed by atoms with Crippen molar-refractivity contribution in [1.82, 2.24) is 0 Å². The van der Waals surface area contributed by atoms with E-state index >= 15 is 0 Å². The number of hydrogen-bond donors (Lipinski definition) is 2. The summed E-state index contributed by atoms with van der Waals surface area (Å²) >= 11 is 0. The van der Waals surface area contributed by atoms with Crippen molar-refractivity contribution in [2.75, 3.05) is 7.11 Å². The number of carboxylic acids is 1. The molecule has 4 nitrogen and oxygen atoms in total. The third-order valence-corrected chi connectivity index (χ3v) is 3.41. The molecular weight excluding hydrogens is 254 g/mol. The highest BCUT2D eigenvalue weighted by Crippen LogP contribution is 2.25. The number of fused-ring (bicyclic) bond motifs is 1. The van der Waals surface area contributed by atoms with Gasteiger partial charge in [0.25, 0.3) is 0 Å². The Balaban J connectivity index is 2.12. The molecular formula is C16H19NO3. The predicted octanol–water partition coefficient (Wildman–Crippen LogP) is 3.10. The number of aliphatic carboxylic acids is 1. The second-order valence-electron chi connectivity index (χ2n) is 4.86. The van der Waals surface area contributed by atoms with Crippen LogP contribution in [0.1, 0.15) is 30.9 Å². The van der Waals surface area contributed by atoms with Gasteiger partial charge < -0.3 is 15.6 Å². The molecule has 0 aliphatic heterocycles. The van der Waals surface area contributed by atoms with E-state index in [1.807, 2.05) is 30.3 Å². The average molecular weight is 273 g/mol. The van der Waals surface area contributed by atoms with Gasteiger partial charge in [-0.3, -0.25) is 4.79 Å². The molecule has 2 rings (SSSR count). The van der Waals surface area contributed by atoms with E-state index in [1.54, 1.807) is 7.11 Å². The van der Waals surface area contributed by atoms with Crippen LogP contribution in [-0.2, 0) is 4.79 Å². The van der Waals surface area contributed by atoms with E-state index in [9.17, 15) is 4.79 Å². The lowest BCUT2D eigenvalue weighted by Crippen LogP contribution is -2.10. The molecule has 1 atom stereocenters. The smallest absolute Gasteiger partial charge is 0.303 e. The first-order valence-corrected chi connectivity index (χ1v) is 6.65. The van der Waals surface area contributed by atoms with E-state index in [0.717, 1.165) is 22.1 Å². The van der Waals surface area contributed by atoms with Crippen molar-refractivity contribution < 1.29 is 14.6 Å². The second kappa shape index (κ2) is 6.39. The van der Waals surface area contributed by atoms with Gasteiger partial charge in [-0.1, -0.05) is 18.2 Å². The van der Waals surface area contributed by atoms with Crippen LogP contribution in [0.25, 0.3) is 10.8 Å². The summed E-state index contributed by atoms with van der Waals surface area (Å²) in [5.74, 6) is 0.0545. The first-order chi connectivity index (χ1) is 9.60. The Labute approximate surface area is 118 Å². The zero-order valence-electron chi connectivity index (χ0n) is 11.5.